The Balaban J connectivity index is 2.39. The van der Waals surface area contributed by atoms with Crippen molar-refractivity contribution in [3.63, 3.8) is 0 Å². The van der Waals surface area contributed by atoms with E-state index in [0.29, 0.717) is 18.2 Å². The molecule has 1 unspecified atom stereocenters. The molecule has 1 aromatic carbocycles. The fraction of sp³-hybridized carbons (Fsp3) is 0.357. The zero-order chi connectivity index (χ0) is 12.0. The first-order chi connectivity index (χ1) is 8.24. The van der Waals surface area contributed by atoms with Crippen LogP contribution in [0.1, 0.15) is 34.8 Å². The third kappa shape index (κ3) is 1.44. The molecule has 0 fully saturated rings. The number of carbonyl (C=O) groups excluding carboxylic acids is 1. The average molecular weight is 248 g/mol. The number of rotatable bonds is 1. The van der Waals surface area contributed by atoms with Gasteiger partial charge in [0.25, 0.3) is 0 Å². The lowest BCUT2D eigenvalue weighted by Crippen LogP contribution is -2.18. The molecule has 3 rings (SSSR count). The fourth-order valence-electron chi connectivity index (χ4n) is 2.90. The first kappa shape index (κ1) is 10.8. The quantitative estimate of drug-likeness (QED) is 0.708. The van der Waals surface area contributed by atoms with E-state index < -0.39 is 0 Å². The minimum atomic E-state index is 0.262. The molecule has 2 aromatic rings. The highest BCUT2D eigenvalue weighted by Crippen LogP contribution is 2.38. The molecule has 1 heterocycles. The molecule has 0 spiro atoms. The van der Waals surface area contributed by atoms with Gasteiger partial charge in [0.1, 0.15) is 0 Å². The van der Waals surface area contributed by atoms with Gasteiger partial charge in [-0.1, -0.05) is 18.2 Å². The Bertz CT molecular complexity index is 600. The van der Waals surface area contributed by atoms with Crippen molar-refractivity contribution in [3.8, 4) is 0 Å². The van der Waals surface area contributed by atoms with Crippen LogP contribution < -0.4 is 0 Å². The van der Waals surface area contributed by atoms with Crippen molar-refractivity contribution in [1.82, 2.24) is 4.57 Å². The van der Waals surface area contributed by atoms with Gasteiger partial charge in [-0.05, 0) is 12.5 Å². The van der Waals surface area contributed by atoms with Crippen LogP contribution in [0.4, 0.5) is 0 Å². The molecule has 1 atom stereocenters. The van der Waals surface area contributed by atoms with Crippen molar-refractivity contribution in [1.29, 1.82) is 0 Å². The zero-order valence-electron chi connectivity index (χ0n) is 9.74. The number of aromatic nitrogens is 1. The largest absolute Gasteiger partial charge is 0.347 e. The Hall–Kier alpha value is -1.28. The molecule has 1 aliphatic rings. The van der Waals surface area contributed by atoms with E-state index in [0.717, 1.165) is 28.6 Å². The maximum absolute atomic E-state index is 12.1. The number of hydrogen-bond acceptors (Lipinski definition) is 1. The Labute approximate surface area is 105 Å². The maximum Gasteiger partial charge on any atom is 0.165 e. The summed E-state index contributed by atoms with van der Waals surface area (Å²) in [6, 6.07) is 8.09. The standard InChI is InChI=1S/C14H14ClNO/c1-16-11-5-3-2-4-10(11)13-12(17)7-6-9(8-15)14(13)16/h2-5,9H,6-8H2,1H3. The summed E-state index contributed by atoms with van der Waals surface area (Å²) >= 11 is 6.03. The molecule has 0 radical (unpaired) electrons. The molecule has 0 N–H and O–H groups in total. The van der Waals surface area contributed by atoms with Crippen LogP contribution in [0.3, 0.4) is 0 Å². The number of para-hydroxylation sites is 1. The minimum Gasteiger partial charge on any atom is -0.347 e. The number of Topliss-reactive ketones (excluding diaryl/α,β-unsaturated/α-hetero) is 1. The number of aryl methyl sites for hydroxylation is 1. The normalized spacial score (nSPS) is 19.6. The molecule has 88 valence electrons. The first-order valence-corrected chi connectivity index (χ1v) is 6.44. The molecule has 0 saturated carbocycles. The number of benzene rings is 1. The Morgan fingerprint density at radius 3 is 2.94 bits per heavy atom. The minimum absolute atomic E-state index is 0.262. The summed E-state index contributed by atoms with van der Waals surface area (Å²) in [5.74, 6) is 1.16. The first-order valence-electron chi connectivity index (χ1n) is 5.90. The third-order valence-electron chi connectivity index (χ3n) is 3.72. The fourth-order valence-corrected chi connectivity index (χ4v) is 3.20. The third-order valence-corrected chi connectivity index (χ3v) is 4.10. The van der Waals surface area contributed by atoms with Crippen LogP contribution in [-0.4, -0.2) is 16.2 Å². The summed E-state index contributed by atoms with van der Waals surface area (Å²) in [7, 11) is 2.03. The second-order valence-corrected chi connectivity index (χ2v) is 4.96. The number of carbonyl (C=O) groups is 1. The predicted octanol–water partition coefficient (Wildman–Crippen LogP) is 3.48. The van der Waals surface area contributed by atoms with Gasteiger partial charge in [0.2, 0.25) is 0 Å². The van der Waals surface area contributed by atoms with Crippen LogP contribution in [-0.2, 0) is 7.05 Å². The second kappa shape index (κ2) is 3.88. The number of fused-ring (bicyclic) bond motifs is 3. The van der Waals surface area contributed by atoms with Gasteiger partial charge in [0.15, 0.2) is 5.78 Å². The van der Waals surface area contributed by atoms with Crippen molar-refractivity contribution >= 4 is 28.3 Å². The van der Waals surface area contributed by atoms with Gasteiger partial charge < -0.3 is 4.57 Å². The number of alkyl halides is 1. The summed E-state index contributed by atoms with van der Waals surface area (Å²) in [6.07, 6.45) is 1.50. The van der Waals surface area contributed by atoms with Crippen LogP contribution in [0, 0.1) is 0 Å². The van der Waals surface area contributed by atoms with Crippen molar-refractivity contribution in [2.75, 3.05) is 5.88 Å². The van der Waals surface area contributed by atoms with Gasteiger partial charge in [-0.15, -0.1) is 11.6 Å². The molecule has 0 amide bonds. The zero-order valence-corrected chi connectivity index (χ0v) is 10.5. The van der Waals surface area contributed by atoms with Crippen molar-refractivity contribution in [3.05, 3.63) is 35.5 Å². The molecular formula is C14H14ClNO. The van der Waals surface area contributed by atoms with Crippen LogP contribution >= 0.6 is 11.6 Å². The van der Waals surface area contributed by atoms with Crippen LogP contribution in [0.15, 0.2) is 24.3 Å². The van der Waals surface area contributed by atoms with Crippen LogP contribution in [0.5, 0.6) is 0 Å². The molecule has 2 nitrogen and oxygen atoms in total. The lowest BCUT2D eigenvalue weighted by molar-refractivity contribution is 0.0969. The van der Waals surface area contributed by atoms with Crippen molar-refractivity contribution in [2.45, 2.75) is 18.8 Å². The molecule has 3 heteroatoms. The molecule has 0 bridgehead atoms. The van der Waals surface area contributed by atoms with Gasteiger partial charge in [0.05, 0.1) is 0 Å². The second-order valence-electron chi connectivity index (χ2n) is 4.65. The van der Waals surface area contributed by atoms with E-state index in [1.807, 2.05) is 25.2 Å². The van der Waals surface area contributed by atoms with Gasteiger partial charge in [0, 0.05) is 47.4 Å². The molecule has 17 heavy (non-hydrogen) atoms. The van der Waals surface area contributed by atoms with Gasteiger partial charge in [-0.25, -0.2) is 0 Å². The summed E-state index contributed by atoms with van der Waals surface area (Å²) in [5, 5.41) is 1.07. The van der Waals surface area contributed by atoms with E-state index >= 15 is 0 Å². The number of ketones is 1. The summed E-state index contributed by atoms with van der Waals surface area (Å²) in [5.41, 5.74) is 3.15. The predicted molar refractivity (Wildman–Crippen MR) is 69.9 cm³/mol. The lowest BCUT2D eigenvalue weighted by atomic mass is 9.87. The molecule has 0 saturated heterocycles. The van der Waals surface area contributed by atoms with Gasteiger partial charge >= 0.3 is 0 Å². The molecular weight excluding hydrogens is 234 g/mol. The number of nitrogens with zero attached hydrogens (tertiary/aromatic N) is 1. The molecule has 0 aliphatic heterocycles. The SMILES string of the molecule is Cn1c2c(c3ccccc31)C(=O)CCC2CCl. The van der Waals surface area contributed by atoms with E-state index in [1.165, 1.54) is 0 Å². The van der Waals surface area contributed by atoms with Crippen LogP contribution in [0.2, 0.25) is 0 Å². The van der Waals surface area contributed by atoms with E-state index in [9.17, 15) is 4.79 Å². The van der Waals surface area contributed by atoms with Crippen LogP contribution in [0.25, 0.3) is 10.9 Å². The van der Waals surface area contributed by atoms with E-state index in [1.54, 1.807) is 0 Å². The van der Waals surface area contributed by atoms with Gasteiger partial charge in [-0.2, -0.15) is 0 Å². The molecule has 1 aromatic heterocycles. The highest BCUT2D eigenvalue weighted by molar-refractivity contribution is 6.19. The topological polar surface area (TPSA) is 22.0 Å². The summed E-state index contributed by atoms with van der Waals surface area (Å²) in [4.78, 5) is 12.1. The maximum atomic E-state index is 12.1. The number of hydrogen-bond donors (Lipinski definition) is 0. The van der Waals surface area contributed by atoms with E-state index in [2.05, 4.69) is 10.6 Å². The average Bonchev–Trinajstić information content (AvgIpc) is 2.66. The Morgan fingerprint density at radius 2 is 2.18 bits per heavy atom. The van der Waals surface area contributed by atoms with Crippen molar-refractivity contribution in [2.24, 2.45) is 7.05 Å². The van der Waals surface area contributed by atoms with Gasteiger partial charge in [-0.3, -0.25) is 4.79 Å². The summed E-state index contributed by atoms with van der Waals surface area (Å²) in [6.45, 7) is 0. The smallest absolute Gasteiger partial charge is 0.165 e. The highest BCUT2D eigenvalue weighted by Gasteiger charge is 2.30. The number of halogens is 1. The van der Waals surface area contributed by atoms with E-state index in [-0.39, 0.29) is 5.78 Å². The van der Waals surface area contributed by atoms with Crippen molar-refractivity contribution < 1.29 is 4.79 Å². The van der Waals surface area contributed by atoms with E-state index in [4.69, 9.17) is 11.6 Å². The Morgan fingerprint density at radius 1 is 1.41 bits per heavy atom. The highest BCUT2D eigenvalue weighted by atomic mass is 35.5. The lowest BCUT2D eigenvalue weighted by Gasteiger charge is -2.21. The Kier molecular flexibility index (Phi) is 2.48. The molecule has 1 aliphatic carbocycles. The monoisotopic (exact) mass is 247 g/mol. The summed E-state index contributed by atoms with van der Waals surface area (Å²) < 4.78 is 2.13.